The second-order valence-electron chi connectivity index (χ2n) is 5.19. The molecule has 0 saturated carbocycles. The van der Waals surface area contributed by atoms with Gasteiger partial charge >= 0.3 is 0 Å². The molecule has 0 spiro atoms. The minimum absolute atomic E-state index is 0.187. The summed E-state index contributed by atoms with van der Waals surface area (Å²) in [6, 6.07) is 4.07. The van der Waals surface area contributed by atoms with Gasteiger partial charge < -0.3 is 5.32 Å². The summed E-state index contributed by atoms with van der Waals surface area (Å²) in [6.45, 7) is 1.50. The molecular formula is C15H14FN5O2. The molecule has 0 aliphatic heterocycles. The van der Waals surface area contributed by atoms with E-state index in [1.807, 2.05) is 0 Å². The molecule has 3 aromatic rings. The topological polar surface area (TPSA) is 81.8 Å². The van der Waals surface area contributed by atoms with Gasteiger partial charge in [-0.3, -0.25) is 18.8 Å². The minimum Gasteiger partial charge on any atom is -0.324 e. The summed E-state index contributed by atoms with van der Waals surface area (Å²) in [5.74, 6) is -0.769. The molecule has 0 atom stereocenters. The van der Waals surface area contributed by atoms with Crippen LogP contribution in [0.25, 0.3) is 11.0 Å². The van der Waals surface area contributed by atoms with Crippen molar-refractivity contribution in [2.45, 2.75) is 13.5 Å². The van der Waals surface area contributed by atoms with Gasteiger partial charge in [0.05, 0.1) is 6.20 Å². The Kier molecular flexibility index (Phi) is 3.65. The summed E-state index contributed by atoms with van der Waals surface area (Å²) in [5.41, 5.74) is 1.22. The third-order valence-corrected chi connectivity index (χ3v) is 3.49. The summed E-state index contributed by atoms with van der Waals surface area (Å²) >= 11 is 0. The highest BCUT2D eigenvalue weighted by Crippen LogP contribution is 2.15. The first-order chi connectivity index (χ1) is 11.0. The van der Waals surface area contributed by atoms with Gasteiger partial charge in [-0.1, -0.05) is 0 Å². The number of aromatic nitrogens is 4. The molecule has 2 aromatic heterocycles. The predicted octanol–water partition coefficient (Wildman–Crippen LogP) is 1.22. The van der Waals surface area contributed by atoms with Crippen LogP contribution >= 0.6 is 0 Å². The van der Waals surface area contributed by atoms with Gasteiger partial charge in [-0.15, -0.1) is 0 Å². The Labute approximate surface area is 130 Å². The van der Waals surface area contributed by atoms with Crippen molar-refractivity contribution in [1.82, 2.24) is 19.3 Å². The van der Waals surface area contributed by atoms with Crippen LogP contribution < -0.4 is 10.9 Å². The summed E-state index contributed by atoms with van der Waals surface area (Å²) in [6.07, 6.45) is 2.73. The van der Waals surface area contributed by atoms with Crippen LogP contribution in [0.3, 0.4) is 0 Å². The standard InChI is InChI=1S/C15H14FN5O2/c1-9-5-10(16)3-4-12(9)19-13(22)7-21-8-17-14-11(15(21)23)6-18-20(14)2/h3-6,8H,7H2,1-2H3,(H,19,22). The zero-order valence-electron chi connectivity index (χ0n) is 12.6. The molecule has 0 saturated heterocycles. The fourth-order valence-corrected chi connectivity index (χ4v) is 2.29. The lowest BCUT2D eigenvalue weighted by Crippen LogP contribution is -2.28. The second-order valence-corrected chi connectivity index (χ2v) is 5.19. The lowest BCUT2D eigenvalue weighted by atomic mass is 10.2. The number of carbonyl (C=O) groups excluding carboxylic acids is 1. The molecule has 0 bridgehead atoms. The van der Waals surface area contributed by atoms with E-state index in [0.717, 1.165) is 0 Å². The fraction of sp³-hybridized carbons (Fsp3) is 0.200. The van der Waals surface area contributed by atoms with Crippen LogP contribution in [-0.4, -0.2) is 25.2 Å². The Bertz CT molecular complexity index is 960. The zero-order valence-corrected chi connectivity index (χ0v) is 12.6. The molecule has 7 nitrogen and oxygen atoms in total. The van der Waals surface area contributed by atoms with E-state index in [2.05, 4.69) is 15.4 Å². The van der Waals surface area contributed by atoms with Crippen molar-refractivity contribution in [3.05, 3.63) is 52.5 Å². The van der Waals surface area contributed by atoms with Crippen molar-refractivity contribution < 1.29 is 9.18 Å². The minimum atomic E-state index is -0.396. The summed E-state index contributed by atoms with van der Waals surface area (Å²) in [4.78, 5) is 28.5. The Hall–Kier alpha value is -3.03. The number of carbonyl (C=O) groups is 1. The van der Waals surface area contributed by atoms with Crippen LogP contribution in [0.15, 0.2) is 35.5 Å². The van der Waals surface area contributed by atoms with Gasteiger partial charge in [0.25, 0.3) is 5.56 Å². The van der Waals surface area contributed by atoms with Crippen LogP contribution in [0.4, 0.5) is 10.1 Å². The van der Waals surface area contributed by atoms with Crippen LogP contribution in [0, 0.1) is 12.7 Å². The van der Waals surface area contributed by atoms with Gasteiger partial charge in [0, 0.05) is 12.7 Å². The van der Waals surface area contributed by atoms with E-state index in [1.165, 1.54) is 40.0 Å². The SMILES string of the molecule is Cc1cc(F)ccc1NC(=O)Cn1cnc2c(cnn2C)c1=O. The predicted molar refractivity (Wildman–Crippen MR) is 82.5 cm³/mol. The maximum absolute atomic E-state index is 13.1. The molecule has 2 heterocycles. The highest BCUT2D eigenvalue weighted by atomic mass is 19.1. The van der Waals surface area contributed by atoms with Crippen molar-refractivity contribution in [1.29, 1.82) is 0 Å². The van der Waals surface area contributed by atoms with Crippen molar-refractivity contribution in [3.8, 4) is 0 Å². The normalized spacial score (nSPS) is 10.9. The Balaban J connectivity index is 1.83. The average Bonchev–Trinajstić information content (AvgIpc) is 2.87. The number of halogens is 1. The number of fused-ring (bicyclic) bond motifs is 1. The molecule has 118 valence electrons. The number of hydrogen-bond acceptors (Lipinski definition) is 4. The van der Waals surface area contributed by atoms with Gasteiger partial charge in [0.15, 0.2) is 5.65 Å². The smallest absolute Gasteiger partial charge is 0.264 e. The molecule has 1 amide bonds. The Morgan fingerprint density at radius 1 is 1.39 bits per heavy atom. The largest absolute Gasteiger partial charge is 0.324 e. The fourth-order valence-electron chi connectivity index (χ4n) is 2.29. The van der Waals surface area contributed by atoms with Gasteiger partial charge in [-0.2, -0.15) is 5.10 Å². The van der Waals surface area contributed by atoms with E-state index in [9.17, 15) is 14.0 Å². The van der Waals surface area contributed by atoms with Gasteiger partial charge in [-0.05, 0) is 30.7 Å². The maximum atomic E-state index is 13.1. The molecule has 0 aliphatic carbocycles. The highest BCUT2D eigenvalue weighted by Gasteiger charge is 2.11. The summed E-state index contributed by atoms with van der Waals surface area (Å²) < 4.78 is 15.8. The molecule has 0 unspecified atom stereocenters. The molecule has 1 N–H and O–H groups in total. The molecule has 0 radical (unpaired) electrons. The zero-order chi connectivity index (χ0) is 16.6. The molecular weight excluding hydrogens is 301 g/mol. The number of hydrogen-bond donors (Lipinski definition) is 1. The van der Waals surface area contributed by atoms with Crippen molar-refractivity contribution in [2.24, 2.45) is 7.05 Å². The van der Waals surface area contributed by atoms with E-state index in [1.54, 1.807) is 14.0 Å². The monoisotopic (exact) mass is 315 g/mol. The lowest BCUT2D eigenvalue weighted by molar-refractivity contribution is -0.116. The van der Waals surface area contributed by atoms with Crippen molar-refractivity contribution >= 4 is 22.6 Å². The molecule has 3 rings (SSSR count). The number of benzene rings is 1. The number of nitrogens with zero attached hydrogens (tertiary/aromatic N) is 4. The molecule has 8 heteroatoms. The third-order valence-electron chi connectivity index (χ3n) is 3.49. The lowest BCUT2D eigenvalue weighted by Gasteiger charge is -2.09. The van der Waals surface area contributed by atoms with Crippen molar-refractivity contribution in [2.75, 3.05) is 5.32 Å². The number of rotatable bonds is 3. The van der Waals surface area contributed by atoms with Gasteiger partial charge in [0.1, 0.15) is 24.1 Å². The number of anilines is 1. The second kappa shape index (κ2) is 5.64. The van der Waals surface area contributed by atoms with E-state index >= 15 is 0 Å². The number of aryl methyl sites for hydroxylation is 2. The Morgan fingerprint density at radius 2 is 2.17 bits per heavy atom. The van der Waals surface area contributed by atoms with E-state index < -0.39 is 5.91 Å². The number of nitrogens with one attached hydrogen (secondary N) is 1. The first kappa shape index (κ1) is 14.9. The van der Waals surface area contributed by atoms with Crippen LogP contribution in [0.1, 0.15) is 5.56 Å². The first-order valence-electron chi connectivity index (χ1n) is 6.89. The summed E-state index contributed by atoms with van der Waals surface area (Å²) in [5, 5.41) is 6.97. The van der Waals surface area contributed by atoms with E-state index in [0.29, 0.717) is 22.3 Å². The van der Waals surface area contributed by atoms with Crippen LogP contribution in [0.2, 0.25) is 0 Å². The van der Waals surface area contributed by atoms with Crippen LogP contribution in [-0.2, 0) is 18.4 Å². The average molecular weight is 315 g/mol. The first-order valence-corrected chi connectivity index (χ1v) is 6.89. The van der Waals surface area contributed by atoms with Crippen LogP contribution in [0.5, 0.6) is 0 Å². The Morgan fingerprint density at radius 3 is 2.91 bits per heavy atom. The molecule has 0 aliphatic rings. The third kappa shape index (κ3) is 2.83. The van der Waals surface area contributed by atoms with Gasteiger partial charge in [0.2, 0.25) is 5.91 Å². The summed E-state index contributed by atoms with van der Waals surface area (Å²) in [7, 11) is 1.68. The van der Waals surface area contributed by atoms with E-state index in [-0.39, 0.29) is 17.9 Å². The van der Waals surface area contributed by atoms with E-state index in [4.69, 9.17) is 0 Å². The van der Waals surface area contributed by atoms with Crippen molar-refractivity contribution in [3.63, 3.8) is 0 Å². The molecule has 0 fully saturated rings. The quantitative estimate of drug-likeness (QED) is 0.788. The maximum Gasteiger partial charge on any atom is 0.264 e. The molecule has 1 aromatic carbocycles. The molecule has 23 heavy (non-hydrogen) atoms. The highest BCUT2D eigenvalue weighted by molar-refractivity contribution is 5.91. The number of amides is 1. The van der Waals surface area contributed by atoms with Gasteiger partial charge in [-0.25, -0.2) is 9.37 Å².